The van der Waals surface area contributed by atoms with E-state index in [4.69, 9.17) is 33.2 Å². The minimum Gasteiger partial charge on any atom is -0.460 e. The maximum Gasteiger partial charge on any atom is 0.508 e. The standard InChI is InChI=1S/C43H57NO17/c1-20-23(58-34(50)27(47)30(38(3,4)5)44-35(51)40(8,9)60-36(44)52)18-43(54)32(59-33(49)22-15-13-12-14-16-22)29-41(10,31(48)28(57-21(2)45)26(20)39(43,6)7)24(46)17-25-42(29,19-56-25)61-37(53)55-11/h12-16,20,23-25,27,29-30,32,35,46-47,51,54H,17-19H2,1-11H3/t20?,23-,24?,25+,27+,29?,30+,32-,35?,41+,42-,43+/m0/s1. The Kier molecular flexibility index (Phi) is 11.5. The Morgan fingerprint density at radius 3 is 2.11 bits per heavy atom. The predicted molar refractivity (Wildman–Crippen MR) is 208 cm³/mol. The quantitative estimate of drug-likeness (QED) is 0.217. The van der Waals surface area contributed by atoms with E-state index in [0.717, 1.165) is 18.9 Å². The van der Waals surface area contributed by atoms with Crippen LogP contribution in [0.3, 0.4) is 0 Å². The summed E-state index contributed by atoms with van der Waals surface area (Å²) in [7, 11) is 1.05. The van der Waals surface area contributed by atoms with Crippen molar-refractivity contribution in [3.05, 3.63) is 47.2 Å². The molecule has 61 heavy (non-hydrogen) atoms. The molecule has 336 valence electrons. The van der Waals surface area contributed by atoms with Gasteiger partial charge in [-0.05, 0) is 43.9 Å². The molecule has 1 amide bonds. The second-order valence-electron chi connectivity index (χ2n) is 19.2. The molecular weight excluding hydrogens is 802 g/mol. The number of carbonyl (C=O) groups excluding carboxylic acids is 6. The average molecular weight is 860 g/mol. The number of carbonyl (C=O) groups is 6. The van der Waals surface area contributed by atoms with Gasteiger partial charge in [0, 0.05) is 31.1 Å². The fourth-order valence-corrected chi connectivity index (χ4v) is 10.4. The number of fused-ring (bicyclic) bond motifs is 5. The highest BCUT2D eigenvalue weighted by Gasteiger charge is 2.78. The number of ether oxygens (including phenoxy) is 7. The third kappa shape index (κ3) is 7.07. The van der Waals surface area contributed by atoms with Crippen LogP contribution in [-0.2, 0) is 47.5 Å². The van der Waals surface area contributed by atoms with E-state index in [2.05, 4.69) is 0 Å². The van der Waals surface area contributed by atoms with Crippen LogP contribution in [0.25, 0.3) is 0 Å². The van der Waals surface area contributed by atoms with Crippen LogP contribution in [0.2, 0.25) is 0 Å². The number of aliphatic hydroxyl groups is 4. The summed E-state index contributed by atoms with van der Waals surface area (Å²) in [6, 6.07) is 6.29. The van der Waals surface area contributed by atoms with Gasteiger partial charge in [0.15, 0.2) is 29.3 Å². The van der Waals surface area contributed by atoms with Gasteiger partial charge < -0.3 is 53.6 Å². The maximum atomic E-state index is 15.5. The summed E-state index contributed by atoms with van der Waals surface area (Å²) < 4.78 is 40.2. The highest BCUT2D eigenvalue weighted by atomic mass is 16.8. The van der Waals surface area contributed by atoms with E-state index in [1.54, 1.807) is 45.9 Å². The van der Waals surface area contributed by atoms with Gasteiger partial charge in [0.2, 0.25) is 5.78 Å². The fraction of sp³-hybridized carbons (Fsp3) is 0.674. The second kappa shape index (κ2) is 15.3. The Morgan fingerprint density at radius 1 is 0.984 bits per heavy atom. The van der Waals surface area contributed by atoms with Gasteiger partial charge in [-0.2, -0.15) is 0 Å². The summed E-state index contributed by atoms with van der Waals surface area (Å²) in [6.07, 6.45) is -12.9. The molecule has 2 saturated carbocycles. The van der Waals surface area contributed by atoms with Crippen molar-refractivity contribution < 1.29 is 82.4 Å². The van der Waals surface area contributed by atoms with E-state index in [-0.39, 0.29) is 17.6 Å². The first-order valence-corrected chi connectivity index (χ1v) is 20.2. The van der Waals surface area contributed by atoms with Crippen molar-refractivity contribution in [1.82, 2.24) is 4.90 Å². The fourth-order valence-electron chi connectivity index (χ4n) is 10.4. The Labute approximate surface area is 353 Å². The third-order valence-corrected chi connectivity index (χ3v) is 13.7. The molecule has 2 bridgehead atoms. The van der Waals surface area contributed by atoms with E-state index in [1.165, 1.54) is 46.8 Å². The van der Waals surface area contributed by atoms with Crippen molar-refractivity contribution in [2.45, 2.75) is 142 Å². The van der Waals surface area contributed by atoms with Crippen LogP contribution in [-0.4, -0.2) is 135 Å². The van der Waals surface area contributed by atoms with Crippen LogP contribution in [0.5, 0.6) is 0 Å². The number of rotatable bonds is 8. The lowest BCUT2D eigenvalue weighted by Crippen LogP contribution is -2.81. The number of Topliss-reactive ketones (excluding diaryl/α,β-unsaturated/α-hetero) is 1. The highest BCUT2D eigenvalue weighted by Crippen LogP contribution is 2.65. The topological polar surface area (TPSA) is 251 Å². The number of esters is 3. The van der Waals surface area contributed by atoms with Crippen molar-refractivity contribution >= 4 is 35.9 Å². The number of amides is 1. The molecule has 0 radical (unpaired) electrons. The molecule has 4 N–H and O–H groups in total. The minimum atomic E-state index is -2.46. The summed E-state index contributed by atoms with van der Waals surface area (Å²) in [4.78, 5) is 84.1. The zero-order valence-electron chi connectivity index (χ0n) is 36.2. The first kappa shape index (κ1) is 45.9. The first-order chi connectivity index (χ1) is 28.1. The van der Waals surface area contributed by atoms with Gasteiger partial charge in [0.05, 0.1) is 42.8 Å². The van der Waals surface area contributed by atoms with Crippen LogP contribution in [0.4, 0.5) is 9.59 Å². The van der Waals surface area contributed by atoms with Crippen LogP contribution in [0.1, 0.15) is 92.4 Å². The minimum absolute atomic E-state index is 0.0328. The molecule has 1 aromatic carbocycles. The molecule has 2 heterocycles. The number of methoxy groups -OCH3 is 1. The summed E-state index contributed by atoms with van der Waals surface area (Å²) in [5.74, 6) is -7.54. The summed E-state index contributed by atoms with van der Waals surface area (Å²) in [5, 5.41) is 48.7. The van der Waals surface area contributed by atoms with Crippen molar-refractivity contribution in [3.8, 4) is 0 Å². The van der Waals surface area contributed by atoms with E-state index in [9.17, 15) is 44.4 Å². The van der Waals surface area contributed by atoms with Gasteiger partial charge in [-0.15, -0.1) is 0 Å². The molecule has 2 saturated heterocycles. The van der Waals surface area contributed by atoms with Gasteiger partial charge >= 0.3 is 30.2 Å². The SMILES string of the molecule is COC(=O)O[C@@]12CO[C@@H]1CC(O)[C@@]1(C)C(=O)C(OC(C)=O)=C3C(C)[C@@H](OC(=O)[C@H](O)[C@@H](N4C(=O)OC(C)(C)C4O)C(C)(C)C)C[C@@](O)([C@@H](OC(=O)c4ccccc4)C12)C3(C)C. The zero-order chi connectivity index (χ0) is 45.6. The molecule has 1 aromatic rings. The smallest absolute Gasteiger partial charge is 0.460 e. The van der Waals surface area contributed by atoms with Crippen molar-refractivity contribution in [1.29, 1.82) is 0 Å². The lowest BCUT2D eigenvalue weighted by molar-refractivity contribution is -0.343. The molecule has 18 nitrogen and oxygen atoms in total. The van der Waals surface area contributed by atoms with E-state index >= 15 is 4.79 Å². The zero-order valence-corrected chi connectivity index (χ0v) is 36.2. The number of allylic oxidation sites excluding steroid dienone is 1. The number of aliphatic hydroxyl groups excluding tert-OH is 3. The van der Waals surface area contributed by atoms with Crippen LogP contribution >= 0.6 is 0 Å². The molecule has 2 aliphatic heterocycles. The molecular formula is C43H57NO17. The Hall–Kier alpha value is -4.62. The summed E-state index contributed by atoms with van der Waals surface area (Å²) in [5.41, 5.74) is -10.8. The predicted octanol–water partition coefficient (Wildman–Crippen LogP) is 2.95. The third-order valence-electron chi connectivity index (χ3n) is 13.7. The lowest BCUT2D eigenvalue weighted by Gasteiger charge is -2.67. The number of benzene rings is 1. The lowest BCUT2D eigenvalue weighted by atomic mass is 9.45. The molecule has 0 spiro atoms. The normalized spacial score (nSPS) is 36.0. The highest BCUT2D eigenvalue weighted by molar-refractivity contribution is 6.02. The molecule has 5 aliphatic rings. The van der Waals surface area contributed by atoms with Gasteiger partial charge in [-0.1, -0.05) is 59.7 Å². The van der Waals surface area contributed by atoms with Gasteiger partial charge in [0.25, 0.3) is 0 Å². The molecule has 3 aliphatic carbocycles. The molecule has 6 rings (SSSR count). The average Bonchev–Trinajstić information content (AvgIpc) is 3.36. The van der Waals surface area contributed by atoms with Crippen molar-refractivity contribution in [2.24, 2.45) is 28.1 Å². The van der Waals surface area contributed by atoms with E-state index in [0.29, 0.717) is 0 Å². The monoisotopic (exact) mass is 859 g/mol. The van der Waals surface area contributed by atoms with Crippen LogP contribution in [0.15, 0.2) is 41.7 Å². The number of nitrogens with zero attached hydrogens (tertiary/aromatic N) is 1. The van der Waals surface area contributed by atoms with Crippen LogP contribution < -0.4 is 0 Å². The Morgan fingerprint density at radius 2 is 1.61 bits per heavy atom. The van der Waals surface area contributed by atoms with E-state index < -0.39 is 142 Å². The van der Waals surface area contributed by atoms with Crippen LogP contribution in [0, 0.1) is 28.1 Å². The molecule has 4 unspecified atom stereocenters. The Balaban J connectivity index is 1.57. The van der Waals surface area contributed by atoms with Gasteiger partial charge in [-0.3, -0.25) is 14.5 Å². The number of cyclic esters (lactones) is 1. The first-order valence-electron chi connectivity index (χ1n) is 20.2. The second-order valence-corrected chi connectivity index (χ2v) is 19.2. The van der Waals surface area contributed by atoms with Crippen molar-refractivity contribution in [2.75, 3.05) is 13.7 Å². The molecule has 4 fully saturated rings. The largest absolute Gasteiger partial charge is 0.508 e. The number of hydrogen-bond donors (Lipinski definition) is 4. The van der Waals surface area contributed by atoms with Crippen molar-refractivity contribution in [3.63, 3.8) is 0 Å². The van der Waals surface area contributed by atoms with Gasteiger partial charge in [0.1, 0.15) is 23.9 Å². The summed E-state index contributed by atoms with van der Waals surface area (Å²) >= 11 is 0. The van der Waals surface area contributed by atoms with E-state index in [1.807, 2.05) is 0 Å². The summed E-state index contributed by atoms with van der Waals surface area (Å²) in [6.45, 7) is 14.4. The molecule has 12 atom stereocenters. The maximum absolute atomic E-state index is 15.5. The number of ketones is 1. The molecule has 18 heteroatoms. The van der Waals surface area contributed by atoms with Gasteiger partial charge in [-0.25, -0.2) is 19.2 Å². The Bertz CT molecular complexity index is 2010. The molecule has 0 aromatic heterocycles. The number of hydrogen-bond acceptors (Lipinski definition) is 17.